The van der Waals surface area contributed by atoms with E-state index < -0.39 is 5.97 Å². The number of carbonyl (C=O) groups is 2. The summed E-state index contributed by atoms with van der Waals surface area (Å²) in [6, 6.07) is 10.4. The number of unbranched alkanes of at least 4 members (excludes halogenated alkanes) is 1. The lowest BCUT2D eigenvalue weighted by molar-refractivity contribution is -0.136. The van der Waals surface area contributed by atoms with Gasteiger partial charge < -0.3 is 10.4 Å². The third kappa shape index (κ3) is 5.90. The number of aryl methyl sites for hydroxylation is 2. The van der Waals surface area contributed by atoms with Crippen molar-refractivity contribution in [1.82, 2.24) is 4.98 Å². The minimum atomic E-state index is -0.944. The third-order valence-corrected chi connectivity index (χ3v) is 6.59. The molecule has 6 nitrogen and oxygen atoms in total. The van der Waals surface area contributed by atoms with E-state index in [9.17, 15) is 9.59 Å². The number of thiophene rings is 1. The molecule has 8 heteroatoms. The number of thiazole rings is 1. The highest BCUT2D eigenvalue weighted by Crippen LogP contribution is 2.26. The molecule has 0 aliphatic carbocycles. The number of benzene rings is 1. The number of aromatic nitrogens is 1. The van der Waals surface area contributed by atoms with E-state index >= 15 is 0 Å². The van der Waals surface area contributed by atoms with E-state index in [4.69, 9.17) is 5.11 Å². The summed E-state index contributed by atoms with van der Waals surface area (Å²) in [5.74, 6) is -1.16. The van der Waals surface area contributed by atoms with Gasteiger partial charge in [0.2, 0.25) is 0 Å². The molecule has 0 saturated heterocycles. The SMILES string of the molecule is CCCCc1ccccc1NCc1cc(C)c(C(=O)Nc2nc(CC(=O)O)cs2)s1. The zero-order valence-electron chi connectivity index (χ0n) is 17.0. The fourth-order valence-electron chi connectivity index (χ4n) is 3.08. The van der Waals surface area contributed by atoms with Crippen LogP contribution < -0.4 is 10.6 Å². The number of nitrogens with zero attached hydrogens (tertiary/aromatic N) is 1. The topological polar surface area (TPSA) is 91.3 Å². The van der Waals surface area contributed by atoms with Crippen LogP contribution in [0.25, 0.3) is 0 Å². The van der Waals surface area contributed by atoms with Crippen LogP contribution in [-0.4, -0.2) is 22.0 Å². The molecule has 1 amide bonds. The minimum Gasteiger partial charge on any atom is -0.481 e. The first kappa shape index (κ1) is 22.0. The highest BCUT2D eigenvalue weighted by molar-refractivity contribution is 7.15. The van der Waals surface area contributed by atoms with Crippen LogP contribution in [0.4, 0.5) is 10.8 Å². The van der Waals surface area contributed by atoms with Crippen LogP contribution in [0.2, 0.25) is 0 Å². The number of aliphatic carboxylic acids is 1. The molecule has 158 valence electrons. The molecule has 1 aromatic carbocycles. The largest absolute Gasteiger partial charge is 0.481 e. The Labute approximate surface area is 184 Å². The van der Waals surface area contributed by atoms with Gasteiger partial charge in [0.1, 0.15) is 0 Å². The second-order valence-electron chi connectivity index (χ2n) is 7.01. The number of anilines is 2. The second kappa shape index (κ2) is 10.4. The molecule has 0 aliphatic heterocycles. The van der Waals surface area contributed by atoms with Crippen molar-refractivity contribution < 1.29 is 14.7 Å². The molecule has 3 rings (SSSR count). The van der Waals surface area contributed by atoms with Gasteiger partial charge in [0, 0.05) is 22.5 Å². The van der Waals surface area contributed by atoms with Crippen molar-refractivity contribution in [2.75, 3.05) is 10.6 Å². The average molecular weight is 444 g/mol. The Hall–Kier alpha value is -2.71. The normalized spacial score (nSPS) is 10.7. The van der Waals surface area contributed by atoms with E-state index in [0.717, 1.165) is 35.4 Å². The van der Waals surface area contributed by atoms with Crippen molar-refractivity contribution in [3.63, 3.8) is 0 Å². The Bertz CT molecular complexity index is 1030. The molecule has 0 bridgehead atoms. The summed E-state index contributed by atoms with van der Waals surface area (Å²) in [7, 11) is 0. The lowest BCUT2D eigenvalue weighted by atomic mass is 10.1. The van der Waals surface area contributed by atoms with Crippen LogP contribution in [-0.2, 0) is 24.2 Å². The third-order valence-electron chi connectivity index (χ3n) is 4.55. The molecular weight excluding hydrogens is 418 g/mol. The van der Waals surface area contributed by atoms with Gasteiger partial charge in [0.25, 0.3) is 5.91 Å². The number of hydrogen-bond acceptors (Lipinski definition) is 6. The molecule has 0 fully saturated rings. The molecule has 0 aliphatic rings. The highest BCUT2D eigenvalue weighted by atomic mass is 32.1. The number of carbonyl (C=O) groups excluding carboxylic acids is 1. The molecule has 3 N–H and O–H groups in total. The number of amides is 1. The molecule has 2 aromatic heterocycles. The van der Waals surface area contributed by atoms with Gasteiger partial charge in [-0.05, 0) is 43.0 Å². The molecule has 0 atom stereocenters. The van der Waals surface area contributed by atoms with E-state index in [0.29, 0.717) is 22.2 Å². The van der Waals surface area contributed by atoms with Crippen LogP contribution in [0.1, 0.15) is 51.1 Å². The van der Waals surface area contributed by atoms with Crippen molar-refractivity contribution in [2.45, 2.75) is 46.1 Å². The Morgan fingerprint density at radius 2 is 2.03 bits per heavy atom. The summed E-state index contributed by atoms with van der Waals surface area (Å²) >= 11 is 2.68. The van der Waals surface area contributed by atoms with E-state index in [-0.39, 0.29) is 12.3 Å². The molecule has 0 saturated carbocycles. The Morgan fingerprint density at radius 1 is 1.23 bits per heavy atom. The lowest BCUT2D eigenvalue weighted by Gasteiger charge is -2.11. The van der Waals surface area contributed by atoms with Crippen LogP contribution >= 0.6 is 22.7 Å². The number of para-hydroxylation sites is 1. The van der Waals surface area contributed by atoms with Crippen molar-refractivity contribution in [1.29, 1.82) is 0 Å². The summed E-state index contributed by atoms with van der Waals surface area (Å²) in [4.78, 5) is 29.3. The predicted octanol–water partition coefficient (Wildman–Crippen LogP) is 5.35. The van der Waals surface area contributed by atoms with Gasteiger partial charge in [0.15, 0.2) is 5.13 Å². The van der Waals surface area contributed by atoms with Crippen LogP contribution in [0, 0.1) is 6.92 Å². The summed E-state index contributed by atoms with van der Waals surface area (Å²) in [6.45, 7) is 4.76. The zero-order valence-corrected chi connectivity index (χ0v) is 18.7. The van der Waals surface area contributed by atoms with Gasteiger partial charge in [-0.1, -0.05) is 31.5 Å². The number of hydrogen-bond donors (Lipinski definition) is 3. The minimum absolute atomic E-state index is 0.153. The fourth-order valence-corrected chi connectivity index (χ4v) is 4.79. The molecule has 3 aromatic rings. The van der Waals surface area contributed by atoms with E-state index in [2.05, 4.69) is 40.7 Å². The first-order chi connectivity index (χ1) is 14.5. The molecule has 2 heterocycles. The lowest BCUT2D eigenvalue weighted by Crippen LogP contribution is -2.11. The smallest absolute Gasteiger partial charge is 0.309 e. The molecule has 0 spiro atoms. The maximum absolute atomic E-state index is 12.7. The summed E-state index contributed by atoms with van der Waals surface area (Å²) in [5, 5.41) is 17.2. The van der Waals surface area contributed by atoms with Gasteiger partial charge >= 0.3 is 5.97 Å². The van der Waals surface area contributed by atoms with E-state index in [1.807, 2.05) is 19.1 Å². The maximum atomic E-state index is 12.7. The number of rotatable bonds is 10. The number of nitrogens with one attached hydrogen (secondary N) is 2. The first-order valence-electron chi connectivity index (χ1n) is 9.85. The van der Waals surface area contributed by atoms with Crippen molar-refractivity contribution >= 4 is 45.4 Å². The van der Waals surface area contributed by atoms with Crippen LogP contribution in [0.15, 0.2) is 35.7 Å². The van der Waals surface area contributed by atoms with Crippen LogP contribution in [0.5, 0.6) is 0 Å². The zero-order chi connectivity index (χ0) is 21.5. The van der Waals surface area contributed by atoms with Crippen molar-refractivity contribution in [3.8, 4) is 0 Å². The molecular formula is C22H25N3O3S2. The van der Waals surface area contributed by atoms with Crippen molar-refractivity contribution in [3.05, 3.63) is 62.3 Å². The predicted molar refractivity (Wildman–Crippen MR) is 123 cm³/mol. The van der Waals surface area contributed by atoms with E-state index in [1.54, 1.807) is 5.38 Å². The van der Waals surface area contributed by atoms with Gasteiger partial charge in [-0.3, -0.25) is 14.9 Å². The average Bonchev–Trinajstić information content (AvgIpc) is 3.30. The Balaban J connectivity index is 1.63. The molecule has 0 unspecified atom stereocenters. The first-order valence-corrected chi connectivity index (χ1v) is 11.5. The van der Waals surface area contributed by atoms with E-state index in [1.165, 1.54) is 28.2 Å². The monoisotopic (exact) mass is 443 g/mol. The Kier molecular flexibility index (Phi) is 7.59. The van der Waals surface area contributed by atoms with Gasteiger partial charge in [0.05, 0.1) is 17.0 Å². The maximum Gasteiger partial charge on any atom is 0.309 e. The van der Waals surface area contributed by atoms with Gasteiger partial charge in [-0.15, -0.1) is 22.7 Å². The summed E-state index contributed by atoms with van der Waals surface area (Å²) in [6.07, 6.45) is 3.22. The summed E-state index contributed by atoms with van der Waals surface area (Å²) in [5.41, 5.74) is 3.80. The van der Waals surface area contributed by atoms with Crippen LogP contribution in [0.3, 0.4) is 0 Å². The highest BCUT2D eigenvalue weighted by Gasteiger charge is 2.16. The second-order valence-corrected chi connectivity index (χ2v) is 9.00. The fraction of sp³-hybridized carbons (Fsp3) is 0.318. The number of carboxylic acids is 1. The molecule has 30 heavy (non-hydrogen) atoms. The van der Waals surface area contributed by atoms with Gasteiger partial charge in [-0.25, -0.2) is 4.98 Å². The van der Waals surface area contributed by atoms with Crippen molar-refractivity contribution in [2.24, 2.45) is 0 Å². The molecule has 0 radical (unpaired) electrons. The Morgan fingerprint density at radius 3 is 2.80 bits per heavy atom. The summed E-state index contributed by atoms with van der Waals surface area (Å²) < 4.78 is 0. The van der Waals surface area contributed by atoms with Gasteiger partial charge in [-0.2, -0.15) is 0 Å². The number of carboxylic acid groups (broad SMARTS) is 1. The standard InChI is InChI=1S/C22H25N3O3S2/c1-3-4-7-15-8-5-6-9-18(15)23-12-17-10-14(2)20(30-17)21(28)25-22-24-16(13-29-22)11-19(26)27/h5-6,8-10,13,23H,3-4,7,11-12H2,1-2H3,(H,26,27)(H,24,25,28). The quantitative estimate of drug-likeness (QED) is 0.393.